The van der Waals surface area contributed by atoms with Crippen LogP contribution in [0.15, 0.2) is 40.9 Å². The summed E-state index contributed by atoms with van der Waals surface area (Å²) in [5.74, 6) is 0.654. The molecule has 2 aromatic rings. The Hall–Kier alpha value is -2.01. The molecule has 0 aromatic heterocycles. The second-order valence-electron chi connectivity index (χ2n) is 4.43. The maximum Gasteiger partial charge on any atom is 0.263 e. The van der Waals surface area contributed by atoms with Gasteiger partial charge in [0.2, 0.25) is 0 Å². The molecule has 0 aliphatic carbocycles. The number of aryl methyl sites for hydroxylation is 1. The molecule has 0 heterocycles. The number of carbonyl (C=O) groups is 1. The first-order valence-electron chi connectivity index (χ1n) is 6.36. The Morgan fingerprint density at radius 3 is 2.19 bits per heavy atom. The van der Waals surface area contributed by atoms with Crippen LogP contribution in [-0.2, 0) is 0 Å². The summed E-state index contributed by atoms with van der Waals surface area (Å²) >= 11 is 3.48. The second-order valence-corrected chi connectivity index (χ2v) is 5.22. The number of rotatable bonds is 4. The van der Waals surface area contributed by atoms with E-state index >= 15 is 0 Å². The first kappa shape index (κ1) is 15.4. The summed E-state index contributed by atoms with van der Waals surface area (Å²) < 4.78 is 11.4. The predicted octanol–water partition coefficient (Wildman–Crippen LogP) is 4.03. The van der Waals surface area contributed by atoms with Crippen molar-refractivity contribution in [2.75, 3.05) is 19.5 Å². The van der Waals surface area contributed by atoms with Crippen molar-refractivity contribution in [3.8, 4) is 11.5 Å². The summed E-state index contributed by atoms with van der Waals surface area (Å²) in [5, 5.41) is 2.87. The highest BCUT2D eigenvalue weighted by atomic mass is 79.9. The molecule has 0 bridgehead atoms. The third-order valence-electron chi connectivity index (χ3n) is 3.09. The lowest BCUT2D eigenvalue weighted by Crippen LogP contribution is -2.15. The monoisotopic (exact) mass is 349 g/mol. The summed E-state index contributed by atoms with van der Waals surface area (Å²) in [6.45, 7) is 1.96. The summed E-state index contributed by atoms with van der Waals surface area (Å²) in [6.07, 6.45) is 0. The number of ether oxygens (including phenoxy) is 2. The van der Waals surface area contributed by atoms with Gasteiger partial charge in [0.15, 0.2) is 0 Å². The van der Waals surface area contributed by atoms with Crippen molar-refractivity contribution in [2.24, 2.45) is 0 Å². The first-order valence-corrected chi connectivity index (χ1v) is 7.15. The van der Waals surface area contributed by atoms with Crippen molar-refractivity contribution in [3.63, 3.8) is 0 Å². The van der Waals surface area contributed by atoms with Crippen molar-refractivity contribution < 1.29 is 14.3 Å². The Morgan fingerprint density at radius 1 is 1.05 bits per heavy atom. The standard InChI is InChI=1S/C16H16BrNO3/c1-10-6-4-7-11(15(10)17)18-16(19)14-12(20-2)8-5-9-13(14)21-3/h4-9H,1-3H3,(H,18,19). The van der Waals surface area contributed by atoms with Crippen LogP contribution in [0.25, 0.3) is 0 Å². The molecular weight excluding hydrogens is 334 g/mol. The zero-order valence-corrected chi connectivity index (χ0v) is 13.7. The largest absolute Gasteiger partial charge is 0.496 e. The molecule has 0 atom stereocenters. The van der Waals surface area contributed by atoms with Gasteiger partial charge in [0.25, 0.3) is 5.91 Å². The summed E-state index contributed by atoms with van der Waals surface area (Å²) in [4.78, 5) is 12.5. The number of benzene rings is 2. The van der Waals surface area contributed by atoms with Crippen LogP contribution in [0.1, 0.15) is 15.9 Å². The third kappa shape index (κ3) is 3.19. The Kier molecular flexibility index (Phi) is 4.85. The molecule has 1 N–H and O–H groups in total. The lowest BCUT2D eigenvalue weighted by Gasteiger charge is -2.14. The van der Waals surface area contributed by atoms with E-state index in [4.69, 9.17) is 9.47 Å². The van der Waals surface area contributed by atoms with Crippen molar-refractivity contribution in [2.45, 2.75) is 6.92 Å². The molecule has 0 aliphatic heterocycles. The van der Waals surface area contributed by atoms with E-state index in [1.807, 2.05) is 25.1 Å². The van der Waals surface area contributed by atoms with Crippen LogP contribution < -0.4 is 14.8 Å². The molecule has 2 rings (SSSR count). The van der Waals surface area contributed by atoms with Crippen molar-refractivity contribution in [1.29, 1.82) is 0 Å². The van der Waals surface area contributed by atoms with Crippen molar-refractivity contribution in [3.05, 3.63) is 52.0 Å². The van der Waals surface area contributed by atoms with Crippen LogP contribution in [0, 0.1) is 6.92 Å². The highest BCUT2D eigenvalue weighted by Gasteiger charge is 2.19. The molecule has 0 aliphatic rings. The topological polar surface area (TPSA) is 47.6 Å². The third-order valence-corrected chi connectivity index (χ3v) is 4.15. The predicted molar refractivity (Wildman–Crippen MR) is 86.4 cm³/mol. The van der Waals surface area contributed by atoms with E-state index in [9.17, 15) is 4.79 Å². The molecule has 21 heavy (non-hydrogen) atoms. The van der Waals surface area contributed by atoms with Crippen LogP contribution in [0.3, 0.4) is 0 Å². The minimum Gasteiger partial charge on any atom is -0.496 e. The number of carbonyl (C=O) groups excluding carboxylic acids is 1. The maximum absolute atomic E-state index is 12.5. The first-order chi connectivity index (χ1) is 10.1. The average molecular weight is 350 g/mol. The van der Waals surface area contributed by atoms with E-state index in [-0.39, 0.29) is 5.91 Å². The van der Waals surface area contributed by atoms with Gasteiger partial charge in [0, 0.05) is 4.47 Å². The van der Waals surface area contributed by atoms with Crippen molar-refractivity contribution in [1.82, 2.24) is 0 Å². The smallest absolute Gasteiger partial charge is 0.263 e. The van der Waals surface area contributed by atoms with Crippen LogP contribution in [0.4, 0.5) is 5.69 Å². The lowest BCUT2D eigenvalue weighted by molar-refractivity contribution is 0.102. The molecule has 4 nitrogen and oxygen atoms in total. The number of halogens is 1. The highest BCUT2D eigenvalue weighted by Crippen LogP contribution is 2.31. The molecular formula is C16H16BrNO3. The molecule has 110 valence electrons. The van der Waals surface area contributed by atoms with E-state index in [0.29, 0.717) is 22.7 Å². The molecule has 1 amide bonds. The highest BCUT2D eigenvalue weighted by molar-refractivity contribution is 9.10. The van der Waals surface area contributed by atoms with E-state index in [1.165, 1.54) is 14.2 Å². The van der Waals surface area contributed by atoms with Gasteiger partial charge in [-0.25, -0.2) is 0 Å². The van der Waals surface area contributed by atoms with Gasteiger partial charge in [-0.15, -0.1) is 0 Å². The zero-order valence-electron chi connectivity index (χ0n) is 12.1. The quantitative estimate of drug-likeness (QED) is 0.906. The Morgan fingerprint density at radius 2 is 1.62 bits per heavy atom. The molecule has 0 spiro atoms. The fourth-order valence-corrected chi connectivity index (χ4v) is 2.37. The summed E-state index contributed by atoms with van der Waals surface area (Å²) in [5.41, 5.74) is 2.11. The van der Waals surface area contributed by atoms with Gasteiger partial charge in [0.05, 0.1) is 19.9 Å². The number of nitrogens with one attached hydrogen (secondary N) is 1. The van der Waals surface area contributed by atoms with Gasteiger partial charge in [0.1, 0.15) is 17.1 Å². The maximum atomic E-state index is 12.5. The van der Waals surface area contributed by atoms with E-state index < -0.39 is 0 Å². The molecule has 0 unspecified atom stereocenters. The van der Waals surface area contributed by atoms with E-state index in [2.05, 4.69) is 21.2 Å². The van der Waals surface area contributed by atoms with Crippen LogP contribution >= 0.6 is 15.9 Å². The Labute approximate surface area is 132 Å². The molecule has 0 saturated carbocycles. The van der Waals surface area contributed by atoms with Gasteiger partial charge < -0.3 is 14.8 Å². The second kappa shape index (κ2) is 6.63. The fourth-order valence-electron chi connectivity index (χ4n) is 2.00. The molecule has 0 radical (unpaired) electrons. The summed E-state index contributed by atoms with van der Waals surface area (Å²) in [6, 6.07) is 10.9. The minimum atomic E-state index is -0.282. The van der Waals surface area contributed by atoms with Crippen LogP contribution in [0.2, 0.25) is 0 Å². The molecule has 0 saturated heterocycles. The van der Waals surface area contributed by atoms with Crippen molar-refractivity contribution >= 4 is 27.5 Å². The summed E-state index contributed by atoms with van der Waals surface area (Å²) in [7, 11) is 3.04. The van der Waals surface area contributed by atoms with Gasteiger partial charge in [-0.2, -0.15) is 0 Å². The van der Waals surface area contributed by atoms with E-state index in [0.717, 1.165) is 10.0 Å². The number of hydrogen-bond donors (Lipinski definition) is 1. The minimum absolute atomic E-state index is 0.282. The van der Waals surface area contributed by atoms with Gasteiger partial charge >= 0.3 is 0 Å². The van der Waals surface area contributed by atoms with Gasteiger partial charge in [-0.05, 0) is 46.6 Å². The van der Waals surface area contributed by atoms with Crippen LogP contribution in [-0.4, -0.2) is 20.1 Å². The Balaban J connectivity index is 2.39. The lowest BCUT2D eigenvalue weighted by atomic mass is 10.1. The normalized spacial score (nSPS) is 10.1. The zero-order chi connectivity index (χ0) is 15.4. The number of methoxy groups -OCH3 is 2. The van der Waals surface area contributed by atoms with Gasteiger partial charge in [-0.1, -0.05) is 18.2 Å². The molecule has 0 fully saturated rings. The van der Waals surface area contributed by atoms with Crippen LogP contribution in [0.5, 0.6) is 11.5 Å². The van der Waals surface area contributed by atoms with E-state index in [1.54, 1.807) is 18.2 Å². The SMILES string of the molecule is COc1cccc(OC)c1C(=O)Nc1cccc(C)c1Br. The molecule has 5 heteroatoms. The van der Waals surface area contributed by atoms with Gasteiger partial charge in [-0.3, -0.25) is 4.79 Å². The number of amides is 1. The molecule has 2 aromatic carbocycles. The average Bonchev–Trinajstić information content (AvgIpc) is 2.50. The number of hydrogen-bond acceptors (Lipinski definition) is 3. The Bertz CT molecular complexity index is 648. The number of anilines is 1. The fraction of sp³-hybridized carbons (Fsp3) is 0.188.